The van der Waals surface area contributed by atoms with Crippen LogP contribution >= 0.6 is 23.6 Å². The van der Waals surface area contributed by atoms with E-state index in [0.29, 0.717) is 26.8 Å². The van der Waals surface area contributed by atoms with Crippen LogP contribution in [0.3, 0.4) is 0 Å². The lowest BCUT2D eigenvalue weighted by atomic mass is 10.2. The van der Waals surface area contributed by atoms with Crippen molar-refractivity contribution in [3.63, 3.8) is 0 Å². The highest BCUT2D eigenvalue weighted by Gasteiger charge is 2.24. The molecular formula is C20H18N4O4S2. The molecular weight excluding hydrogens is 424 g/mol. The first kappa shape index (κ1) is 20.3. The molecule has 0 radical (unpaired) electrons. The Bertz CT molecular complexity index is 1130. The van der Waals surface area contributed by atoms with Crippen LogP contribution in [0, 0.1) is 15.3 Å². The zero-order valence-electron chi connectivity index (χ0n) is 16.1. The summed E-state index contributed by atoms with van der Waals surface area (Å²) in [5.74, 6) is 0.988. The van der Waals surface area contributed by atoms with Crippen molar-refractivity contribution in [3.05, 3.63) is 39.0 Å². The SMILES string of the molecule is COc1ccc(N=C2OC(=Cc3sc(=S)n(CC4CCCO4)c3O)N=C2C#N)cc1. The van der Waals surface area contributed by atoms with Crippen LogP contribution in [0.1, 0.15) is 17.7 Å². The van der Waals surface area contributed by atoms with E-state index < -0.39 is 0 Å². The predicted molar refractivity (Wildman–Crippen MR) is 116 cm³/mol. The number of aromatic nitrogens is 1. The van der Waals surface area contributed by atoms with Crippen LogP contribution in [0.4, 0.5) is 5.69 Å². The van der Waals surface area contributed by atoms with Crippen LogP contribution in [-0.4, -0.2) is 41.1 Å². The van der Waals surface area contributed by atoms with Gasteiger partial charge >= 0.3 is 0 Å². The van der Waals surface area contributed by atoms with Gasteiger partial charge in [-0.05, 0) is 49.3 Å². The van der Waals surface area contributed by atoms with E-state index in [1.54, 1.807) is 42.0 Å². The minimum atomic E-state index is 0.0332. The number of nitrogens with zero attached hydrogens (tertiary/aromatic N) is 4. The second kappa shape index (κ2) is 8.79. The molecule has 0 amide bonds. The molecule has 1 unspecified atom stereocenters. The standard InChI is InChI=1S/C20H18N4O4S2/c1-26-13-6-4-12(5-7-13)22-18-15(10-21)23-17(28-18)9-16-19(25)24(20(29)30-16)11-14-3-2-8-27-14/h4-7,9,14,25H,2-3,8,11H2,1H3. The van der Waals surface area contributed by atoms with Crippen molar-refractivity contribution in [2.75, 3.05) is 13.7 Å². The van der Waals surface area contributed by atoms with Crippen LogP contribution in [-0.2, 0) is 16.0 Å². The first-order valence-corrected chi connectivity index (χ1v) is 10.5. The zero-order chi connectivity index (χ0) is 21.1. The third kappa shape index (κ3) is 4.28. The summed E-state index contributed by atoms with van der Waals surface area (Å²) < 4.78 is 18.6. The summed E-state index contributed by atoms with van der Waals surface area (Å²) in [4.78, 5) is 9.00. The normalized spacial score (nSPS) is 20.9. The quantitative estimate of drug-likeness (QED) is 0.697. The van der Waals surface area contributed by atoms with Gasteiger partial charge in [-0.15, -0.1) is 11.3 Å². The summed E-state index contributed by atoms with van der Waals surface area (Å²) in [5, 5.41) is 20.0. The highest BCUT2D eigenvalue weighted by Crippen LogP contribution is 2.31. The smallest absolute Gasteiger partial charge is 0.258 e. The highest BCUT2D eigenvalue weighted by molar-refractivity contribution is 7.73. The molecule has 1 aromatic carbocycles. The van der Waals surface area contributed by atoms with Crippen molar-refractivity contribution in [2.45, 2.75) is 25.5 Å². The molecule has 1 saturated heterocycles. The number of thiazole rings is 1. The Balaban J connectivity index is 1.57. The Morgan fingerprint density at radius 2 is 2.27 bits per heavy atom. The monoisotopic (exact) mass is 442 g/mol. The topological polar surface area (TPSA) is 101 Å². The minimum Gasteiger partial charge on any atom is -0.497 e. The minimum absolute atomic E-state index is 0.0332. The number of benzene rings is 1. The molecule has 0 aliphatic carbocycles. The van der Waals surface area contributed by atoms with E-state index in [1.807, 2.05) is 6.07 Å². The molecule has 2 aliphatic rings. The second-order valence-corrected chi connectivity index (χ2v) is 8.25. The molecule has 1 N–H and O–H groups in total. The van der Waals surface area contributed by atoms with Crippen molar-refractivity contribution in [2.24, 2.45) is 9.98 Å². The summed E-state index contributed by atoms with van der Waals surface area (Å²) in [5.41, 5.74) is 0.648. The molecule has 2 aliphatic heterocycles. The largest absolute Gasteiger partial charge is 0.497 e. The van der Waals surface area contributed by atoms with Gasteiger partial charge in [0.05, 0.1) is 30.3 Å². The van der Waals surface area contributed by atoms with Gasteiger partial charge in [0, 0.05) is 12.7 Å². The highest BCUT2D eigenvalue weighted by atomic mass is 32.1. The number of hydrogen-bond acceptors (Lipinski definition) is 9. The molecule has 0 bridgehead atoms. The Morgan fingerprint density at radius 1 is 1.47 bits per heavy atom. The van der Waals surface area contributed by atoms with Gasteiger partial charge < -0.3 is 19.3 Å². The van der Waals surface area contributed by atoms with E-state index in [2.05, 4.69) is 9.98 Å². The van der Waals surface area contributed by atoms with Gasteiger partial charge in [0.2, 0.25) is 17.5 Å². The summed E-state index contributed by atoms with van der Waals surface area (Å²) in [6.45, 7) is 1.23. The molecule has 0 spiro atoms. The van der Waals surface area contributed by atoms with E-state index in [1.165, 1.54) is 11.3 Å². The molecule has 154 valence electrons. The molecule has 10 heteroatoms. The summed E-state index contributed by atoms with van der Waals surface area (Å²) in [6, 6.07) is 8.99. The fourth-order valence-electron chi connectivity index (χ4n) is 3.09. The van der Waals surface area contributed by atoms with Gasteiger partial charge in [0.25, 0.3) is 5.90 Å². The Labute approximate surface area is 182 Å². The first-order valence-electron chi connectivity index (χ1n) is 9.23. The first-order chi connectivity index (χ1) is 14.6. The number of ether oxygens (including phenoxy) is 3. The molecule has 2 aromatic rings. The average molecular weight is 443 g/mol. The summed E-state index contributed by atoms with van der Waals surface area (Å²) in [7, 11) is 1.58. The fraction of sp³-hybridized carbons (Fsp3) is 0.300. The van der Waals surface area contributed by atoms with Gasteiger partial charge in [0.15, 0.2) is 3.95 Å². The predicted octanol–water partition coefficient (Wildman–Crippen LogP) is 4.20. The van der Waals surface area contributed by atoms with E-state index >= 15 is 0 Å². The third-order valence-corrected chi connectivity index (χ3v) is 5.98. The lowest BCUT2D eigenvalue weighted by Crippen LogP contribution is -2.14. The third-order valence-electron chi connectivity index (χ3n) is 4.59. The number of methoxy groups -OCH3 is 1. The molecule has 3 heterocycles. The Kier molecular flexibility index (Phi) is 5.94. The maximum Gasteiger partial charge on any atom is 0.258 e. The van der Waals surface area contributed by atoms with Crippen molar-refractivity contribution in [3.8, 4) is 17.7 Å². The number of nitriles is 1. The molecule has 0 saturated carbocycles. The number of aromatic hydroxyl groups is 1. The van der Waals surface area contributed by atoms with E-state index in [0.717, 1.165) is 19.4 Å². The molecule has 30 heavy (non-hydrogen) atoms. The number of rotatable bonds is 5. The fourth-order valence-corrected chi connectivity index (χ4v) is 4.34. The maximum atomic E-state index is 10.6. The molecule has 1 fully saturated rings. The van der Waals surface area contributed by atoms with Gasteiger partial charge in [-0.3, -0.25) is 4.57 Å². The van der Waals surface area contributed by atoms with Crippen molar-refractivity contribution >= 4 is 46.9 Å². The van der Waals surface area contributed by atoms with Crippen molar-refractivity contribution < 1.29 is 19.3 Å². The Morgan fingerprint density at radius 3 is 2.93 bits per heavy atom. The van der Waals surface area contributed by atoms with Crippen LogP contribution in [0.2, 0.25) is 0 Å². The molecule has 4 rings (SSSR count). The number of aliphatic imine (C=N–C) groups is 2. The average Bonchev–Trinajstić information content (AvgIpc) is 3.46. The Hall–Kier alpha value is -3.00. The van der Waals surface area contributed by atoms with Gasteiger partial charge in [-0.2, -0.15) is 10.3 Å². The van der Waals surface area contributed by atoms with Gasteiger partial charge in [-0.25, -0.2) is 4.99 Å². The van der Waals surface area contributed by atoms with E-state index in [4.69, 9.17) is 26.4 Å². The molecule has 8 nitrogen and oxygen atoms in total. The second-order valence-electron chi connectivity index (χ2n) is 6.57. The van der Waals surface area contributed by atoms with Crippen molar-refractivity contribution in [1.82, 2.24) is 4.57 Å². The lowest BCUT2D eigenvalue weighted by Gasteiger charge is -2.10. The maximum absolute atomic E-state index is 10.6. The van der Waals surface area contributed by atoms with Crippen LogP contribution in [0.25, 0.3) is 6.08 Å². The number of hydrogen-bond donors (Lipinski definition) is 1. The van der Waals surface area contributed by atoms with Crippen LogP contribution < -0.4 is 4.74 Å². The van der Waals surface area contributed by atoms with Crippen molar-refractivity contribution in [1.29, 1.82) is 5.26 Å². The van der Waals surface area contributed by atoms with E-state index in [9.17, 15) is 10.4 Å². The zero-order valence-corrected chi connectivity index (χ0v) is 17.7. The van der Waals surface area contributed by atoms with Crippen LogP contribution in [0.5, 0.6) is 11.6 Å². The van der Waals surface area contributed by atoms with Gasteiger partial charge in [-0.1, -0.05) is 0 Å². The van der Waals surface area contributed by atoms with E-state index in [-0.39, 0.29) is 29.5 Å². The lowest BCUT2D eigenvalue weighted by molar-refractivity contribution is 0.0948. The molecule has 1 atom stereocenters. The van der Waals surface area contributed by atoms with Crippen LogP contribution in [0.15, 0.2) is 40.1 Å². The summed E-state index contributed by atoms with van der Waals surface area (Å²) >= 11 is 6.63. The molecule has 1 aromatic heterocycles. The van der Waals surface area contributed by atoms with Gasteiger partial charge in [0.1, 0.15) is 11.8 Å². The summed E-state index contributed by atoms with van der Waals surface area (Å²) in [6.07, 6.45) is 3.55.